The van der Waals surface area contributed by atoms with E-state index in [1.165, 1.54) is 23.3 Å². The third-order valence-electron chi connectivity index (χ3n) is 5.52. The smallest absolute Gasteiger partial charge is 0.281 e. The van der Waals surface area contributed by atoms with Crippen LogP contribution in [-0.2, 0) is 6.54 Å². The van der Waals surface area contributed by atoms with Crippen molar-refractivity contribution in [3.05, 3.63) is 48.4 Å². The van der Waals surface area contributed by atoms with Gasteiger partial charge >= 0.3 is 0 Å². The Morgan fingerprint density at radius 3 is 3.00 bits per heavy atom. The van der Waals surface area contributed by atoms with Gasteiger partial charge in [-0.05, 0) is 30.7 Å². The molecule has 2 aliphatic heterocycles. The minimum Gasteiger partial charge on any atom is -0.464 e. The van der Waals surface area contributed by atoms with Crippen molar-refractivity contribution in [3.63, 3.8) is 0 Å². The maximum atomic E-state index is 5.94. The molecule has 1 N–H and O–H groups in total. The van der Waals surface area contributed by atoms with Gasteiger partial charge in [-0.2, -0.15) is 4.98 Å². The highest BCUT2D eigenvalue weighted by molar-refractivity contribution is 7.20. The molecule has 0 aliphatic carbocycles. The summed E-state index contributed by atoms with van der Waals surface area (Å²) in [4.78, 5) is 11.2. The maximum Gasteiger partial charge on any atom is 0.281 e. The number of benzene rings is 1. The van der Waals surface area contributed by atoms with Crippen molar-refractivity contribution in [1.29, 1.82) is 0 Å². The molecule has 2 atom stereocenters. The molecule has 152 valence electrons. The average molecular weight is 451 g/mol. The van der Waals surface area contributed by atoms with Crippen LogP contribution >= 0.6 is 36.2 Å². The van der Waals surface area contributed by atoms with E-state index in [-0.39, 0.29) is 24.8 Å². The Hall–Kier alpha value is -1.90. The first-order chi connectivity index (χ1) is 13.3. The van der Waals surface area contributed by atoms with Crippen LogP contribution in [0.4, 0.5) is 0 Å². The standard InChI is InChI=1S/C20H18N4O2S.2ClH/c1-2-18-19(21-5-1)23-20(27-18)26-15-3-4-16-12(11-25-17(16)7-15)9-24-10-13-6-14(24)8-22-13;;/h1-5,7,11,13-14,22H,6,8-10H2;2*1H. The number of ether oxygens (including phenoxy) is 1. The molecule has 6 rings (SSSR count). The molecule has 6 nitrogen and oxygen atoms in total. The molecule has 3 aromatic heterocycles. The first kappa shape index (κ1) is 20.4. The van der Waals surface area contributed by atoms with Gasteiger partial charge in [-0.25, -0.2) is 4.98 Å². The van der Waals surface area contributed by atoms with Crippen LogP contribution in [0.15, 0.2) is 47.2 Å². The van der Waals surface area contributed by atoms with Gasteiger partial charge in [-0.15, -0.1) is 24.8 Å². The Kier molecular flexibility index (Phi) is 5.68. The van der Waals surface area contributed by atoms with Gasteiger partial charge in [-0.1, -0.05) is 11.3 Å². The fraction of sp³-hybridized carbons (Fsp3) is 0.300. The topological polar surface area (TPSA) is 63.4 Å². The number of piperazine rings is 1. The summed E-state index contributed by atoms with van der Waals surface area (Å²) in [5.74, 6) is 0.729. The second-order valence-corrected chi connectivity index (χ2v) is 8.24. The lowest BCUT2D eigenvalue weighted by molar-refractivity contribution is 0.218. The van der Waals surface area contributed by atoms with Gasteiger partial charge in [0.05, 0.1) is 11.0 Å². The molecule has 0 saturated carbocycles. The minimum absolute atomic E-state index is 0. The molecule has 2 aliphatic rings. The molecule has 0 radical (unpaired) electrons. The zero-order valence-corrected chi connectivity index (χ0v) is 17.9. The molecule has 2 bridgehead atoms. The first-order valence-electron chi connectivity index (χ1n) is 9.19. The summed E-state index contributed by atoms with van der Waals surface area (Å²) in [6.07, 6.45) is 4.89. The van der Waals surface area contributed by atoms with E-state index in [4.69, 9.17) is 9.15 Å². The van der Waals surface area contributed by atoms with E-state index in [0.717, 1.165) is 41.1 Å². The third kappa shape index (κ3) is 3.69. The van der Waals surface area contributed by atoms with Gasteiger partial charge < -0.3 is 14.5 Å². The molecule has 29 heavy (non-hydrogen) atoms. The van der Waals surface area contributed by atoms with Crippen LogP contribution in [0.25, 0.3) is 21.3 Å². The van der Waals surface area contributed by atoms with Crippen LogP contribution in [-0.4, -0.2) is 40.0 Å². The number of fused-ring (bicyclic) bond motifs is 4. The number of hydrogen-bond donors (Lipinski definition) is 1. The van der Waals surface area contributed by atoms with E-state index in [9.17, 15) is 0 Å². The van der Waals surface area contributed by atoms with Crippen molar-refractivity contribution >= 4 is 57.5 Å². The molecule has 2 unspecified atom stereocenters. The second kappa shape index (κ2) is 8.08. The Bertz CT molecular complexity index is 1110. The summed E-state index contributed by atoms with van der Waals surface area (Å²) in [6.45, 7) is 3.18. The van der Waals surface area contributed by atoms with Gasteiger partial charge in [0.15, 0.2) is 5.65 Å². The first-order valence-corrected chi connectivity index (χ1v) is 10.0. The summed E-state index contributed by atoms with van der Waals surface area (Å²) in [7, 11) is 0. The number of pyridine rings is 1. The lowest BCUT2D eigenvalue weighted by Gasteiger charge is -2.26. The Labute approximate surface area is 184 Å². The highest BCUT2D eigenvalue weighted by Gasteiger charge is 2.37. The monoisotopic (exact) mass is 450 g/mol. The summed E-state index contributed by atoms with van der Waals surface area (Å²) in [5.41, 5.74) is 2.81. The average Bonchev–Trinajstić information content (AvgIpc) is 3.45. The van der Waals surface area contributed by atoms with Crippen molar-refractivity contribution in [2.24, 2.45) is 0 Å². The molecule has 2 saturated heterocycles. The molecule has 0 amide bonds. The predicted molar refractivity (Wildman–Crippen MR) is 119 cm³/mol. The van der Waals surface area contributed by atoms with Crippen LogP contribution in [0.5, 0.6) is 10.9 Å². The molecule has 4 aromatic rings. The SMILES string of the molecule is Cl.Cl.c1cnc2nc(Oc3ccc4c(CN5CC6CC5CN6)coc4c3)sc2c1. The fourth-order valence-corrected chi connectivity index (χ4v) is 5.00. The van der Waals surface area contributed by atoms with Gasteiger partial charge in [-0.3, -0.25) is 4.90 Å². The number of furan rings is 1. The van der Waals surface area contributed by atoms with E-state index < -0.39 is 0 Å². The van der Waals surface area contributed by atoms with Gasteiger partial charge in [0, 0.05) is 54.9 Å². The number of nitrogens with one attached hydrogen (secondary N) is 1. The molecule has 9 heteroatoms. The number of aromatic nitrogens is 2. The Morgan fingerprint density at radius 2 is 2.21 bits per heavy atom. The summed E-state index contributed by atoms with van der Waals surface area (Å²) < 4.78 is 12.8. The number of nitrogens with zero attached hydrogens (tertiary/aromatic N) is 3. The Balaban J connectivity index is 0.00000102. The zero-order valence-electron chi connectivity index (χ0n) is 15.4. The van der Waals surface area contributed by atoms with Gasteiger partial charge in [0.1, 0.15) is 11.3 Å². The molecule has 1 aromatic carbocycles. The number of thiazole rings is 1. The zero-order chi connectivity index (χ0) is 17.8. The van der Waals surface area contributed by atoms with Crippen LogP contribution in [0.2, 0.25) is 0 Å². The number of rotatable bonds is 4. The van der Waals surface area contributed by atoms with Crippen molar-refractivity contribution in [3.8, 4) is 10.9 Å². The lowest BCUT2D eigenvalue weighted by Crippen LogP contribution is -2.42. The fourth-order valence-electron chi connectivity index (χ4n) is 4.20. The summed E-state index contributed by atoms with van der Waals surface area (Å²) >= 11 is 1.49. The van der Waals surface area contributed by atoms with E-state index >= 15 is 0 Å². The van der Waals surface area contributed by atoms with Crippen LogP contribution in [0.3, 0.4) is 0 Å². The number of hydrogen-bond acceptors (Lipinski definition) is 7. The molecule has 2 fully saturated rings. The van der Waals surface area contributed by atoms with Crippen LogP contribution in [0, 0.1) is 0 Å². The van der Waals surface area contributed by atoms with Crippen LogP contribution < -0.4 is 10.1 Å². The largest absolute Gasteiger partial charge is 0.464 e. The summed E-state index contributed by atoms with van der Waals surface area (Å²) in [5, 5.41) is 5.30. The third-order valence-corrected chi connectivity index (χ3v) is 6.41. The van der Waals surface area contributed by atoms with E-state index in [1.54, 1.807) is 6.20 Å². The maximum absolute atomic E-state index is 5.94. The highest BCUT2D eigenvalue weighted by atomic mass is 35.5. The van der Waals surface area contributed by atoms with E-state index in [0.29, 0.717) is 22.9 Å². The predicted octanol–water partition coefficient (Wildman–Crippen LogP) is 4.62. The van der Waals surface area contributed by atoms with Crippen molar-refractivity contribution in [2.75, 3.05) is 13.1 Å². The normalized spacial score (nSPS) is 20.7. The van der Waals surface area contributed by atoms with E-state index in [1.807, 2.05) is 30.5 Å². The molecule has 0 spiro atoms. The van der Waals surface area contributed by atoms with Gasteiger partial charge in [0.2, 0.25) is 0 Å². The second-order valence-electron chi connectivity index (χ2n) is 7.25. The van der Waals surface area contributed by atoms with Gasteiger partial charge in [0.25, 0.3) is 5.19 Å². The van der Waals surface area contributed by atoms with E-state index in [2.05, 4.69) is 26.3 Å². The van der Waals surface area contributed by atoms with Crippen molar-refractivity contribution in [1.82, 2.24) is 20.2 Å². The molecular weight excluding hydrogens is 431 g/mol. The Morgan fingerprint density at radius 1 is 1.28 bits per heavy atom. The van der Waals surface area contributed by atoms with Crippen molar-refractivity contribution in [2.45, 2.75) is 25.0 Å². The quantitative estimate of drug-likeness (QED) is 0.489. The highest BCUT2D eigenvalue weighted by Crippen LogP contribution is 2.34. The minimum atomic E-state index is 0. The molecular formula is C20H20Cl2N4O2S. The summed E-state index contributed by atoms with van der Waals surface area (Å²) in [6, 6.07) is 11.2. The number of halogens is 2. The van der Waals surface area contributed by atoms with Crippen LogP contribution in [0.1, 0.15) is 12.0 Å². The number of likely N-dealkylation sites (tertiary alicyclic amines) is 1. The molecule has 5 heterocycles. The lowest BCUT2D eigenvalue weighted by atomic mass is 10.1. The van der Waals surface area contributed by atoms with Crippen molar-refractivity contribution < 1.29 is 9.15 Å².